The molecule has 0 aliphatic rings. The molecule has 1 nitrogen and oxygen atoms in total. The van der Waals surface area contributed by atoms with Gasteiger partial charge in [-0.15, -0.1) is 5.16 Å². The summed E-state index contributed by atoms with van der Waals surface area (Å²) in [5.74, 6) is 0. The molecule has 3 heteroatoms. The van der Waals surface area contributed by atoms with Crippen LogP contribution in [0, 0.1) is 5.16 Å². The molecule has 0 aromatic carbocycles. The maximum atomic E-state index is 6.61. The van der Waals surface area contributed by atoms with Gasteiger partial charge in [0, 0.05) is 0 Å². The number of hydrogen-bond donors (Lipinski definition) is 1. The molecule has 0 aromatic rings. The van der Waals surface area contributed by atoms with Crippen LogP contribution in [0.15, 0.2) is 0 Å². The van der Waals surface area contributed by atoms with E-state index in [9.17, 15) is 0 Å². The van der Waals surface area contributed by atoms with E-state index in [4.69, 9.17) is 5.16 Å². The summed E-state index contributed by atoms with van der Waals surface area (Å²) >= 11 is 0. The quantitative estimate of drug-likeness (QED) is 0.441. The second-order valence-corrected chi connectivity index (χ2v) is 4.16. The van der Waals surface area contributed by atoms with Gasteiger partial charge in [0.25, 0.3) is 0 Å². The molecular weight excluding hydrogens is 88.0 g/mol. The molecule has 0 radical (unpaired) electrons. The van der Waals surface area contributed by atoms with Gasteiger partial charge in [0.15, 0.2) is 0 Å². The molecule has 0 aromatic heterocycles. The first-order valence-electron chi connectivity index (χ1n) is 0.929. The highest BCUT2D eigenvalue weighted by Crippen LogP contribution is 2.23. The van der Waals surface area contributed by atoms with Crippen LogP contribution in [0.3, 0.4) is 0 Å². The minimum Gasteiger partial charge on any atom is -0.123 e. The third kappa shape index (κ3) is 21.1. The van der Waals surface area contributed by atoms with Crippen molar-refractivity contribution in [2.45, 2.75) is 0 Å². The van der Waals surface area contributed by atoms with Gasteiger partial charge in [-0.2, -0.15) is 0 Å². The van der Waals surface area contributed by atoms with Crippen LogP contribution in [-0.4, -0.2) is 6.66 Å². The van der Waals surface area contributed by atoms with Crippen molar-refractivity contribution in [2.24, 2.45) is 0 Å². The number of rotatable bonds is 0. The van der Waals surface area contributed by atoms with E-state index in [2.05, 4.69) is 8.93 Å². The van der Waals surface area contributed by atoms with Crippen molar-refractivity contribution in [2.75, 3.05) is 6.66 Å². The number of nitrogens with one attached hydrogen (secondary N) is 1. The lowest BCUT2D eigenvalue weighted by atomic mass is 12.0. The molecule has 0 aliphatic heterocycles. The first-order valence-corrected chi connectivity index (χ1v) is 4.34. The van der Waals surface area contributed by atoms with E-state index in [-0.39, 0.29) is 0 Å². The van der Waals surface area contributed by atoms with Crippen molar-refractivity contribution in [3.63, 3.8) is 0 Å². The van der Waals surface area contributed by atoms with Crippen LogP contribution in [0.1, 0.15) is 0 Å². The Balaban J connectivity index is 2.80. The lowest BCUT2D eigenvalue weighted by Crippen LogP contribution is -1.13. The van der Waals surface area contributed by atoms with Crippen LogP contribution in [0.4, 0.5) is 0 Å². The lowest BCUT2D eigenvalue weighted by molar-refractivity contribution is 1.64. The summed E-state index contributed by atoms with van der Waals surface area (Å²) in [6.45, 7) is 1.86. The predicted molar refractivity (Wildman–Crippen MR) is 25.3 cm³/mol. The van der Waals surface area contributed by atoms with Gasteiger partial charge < -0.3 is 0 Å². The fourth-order valence-corrected chi connectivity index (χ4v) is 0. The molecule has 0 saturated heterocycles. The van der Waals surface area contributed by atoms with Crippen molar-refractivity contribution >= 4 is 16.3 Å². The van der Waals surface area contributed by atoms with Crippen molar-refractivity contribution in [3.8, 4) is 0 Å². The Kier molecular flexibility index (Phi) is 2.05. The molecule has 0 rings (SSSR count). The van der Waals surface area contributed by atoms with Crippen molar-refractivity contribution in [1.29, 1.82) is 5.16 Å². The van der Waals surface area contributed by atoms with E-state index in [1.807, 2.05) is 6.66 Å². The minimum absolute atomic E-state index is 0.454. The average molecular weight is 94.0 g/mol. The van der Waals surface area contributed by atoms with Gasteiger partial charge in [0.1, 0.15) is 15.6 Å². The maximum Gasteiger partial charge on any atom is 0.204 e. The topological polar surface area (TPSA) is 23.9 Å². The molecule has 4 heavy (non-hydrogen) atoms. The molecule has 1 N–H and O–H groups in total. The minimum atomic E-state index is -0.454. The van der Waals surface area contributed by atoms with Gasteiger partial charge in [-0.3, -0.25) is 0 Å². The van der Waals surface area contributed by atoms with Crippen molar-refractivity contribution in [1.82, 2.24) is 0 Å². The average Bonchev–Trinajstić information content (AvgIpc) is 0.811. The molecular formula is CH6NP2+. The van der Waals surface area contributed by atoms with Crippen LogP contribution in [0.25, 0.3) is 0 Å². The zero-order chi connectivity index (χ0) is 3.58. The van der Waals surface area contributed by atoms with Gasteiger partial charge in [-0.05, 0) is 0 Å². The lowest BCUT2D eigenvalue weighted by Gasteiger charge is -1.45. The third-order valence-corrected chi connectivity index (χ3v) is 0. The smallest absolute Gasteiger partial charge is 0.123 e. The Hall–Kier alpha value is 0.530. The Bertz CT molecular complexity index is 29.0. The predicted octanol–water partition coefficient (Wildman–Crippen LogP) is 1.65. The Morgan fingerprint density at radius 1 is 2.00 bits per heavy atom. The Morgan fingerprint density at radius 2 is 2.00 bits per heavy atom. The monoisotopic (exact) mass is 94.0 g/mol. The highest BCUT2D eigenvalue weighted by molar-refractivity contribution is 8.06. The second-order valence-electron chi connectivity index (χ2n) is 0.611. The van der Waals surface area contributed by atoms with Crippen molar-refractivity contribution in [3.05, 3.63) is 0 Å². The first-order chi connectivity index (χ1) is 1.73. The first kappa shape index (κ1) is 4.53. The molecule has 0 spiro atoms. The molecule has 0 amide bonds. The zero-order valence-electron chi connectivity index (χ0n) is 2.52. The third-order valence-electron chi connectivity index (χ3n) is 0. The zero-order valence-corrected chi connectivity index (χ0v) is 4.57. The molecule has 0 saturated carbocycles. The van der Waals surface area contributed by atoms with Crippen LogP contribution in [0.2, 0.25) is 0 Å². The van der Waals surface area contributed by atoms with E-state index in [0.717, 1.165) is 0 Å². The van der Waals surface area contributed by atoms with E-state index < -0.39 is 7.40 Å². The van der Waals surface area contributed by atoms with Gasteiger partial charge in [-0.1, -0.05) is 0 Å². The summed E-state index contributed by atoms with van der Waals surface area (Å²) in [6, 6.07) is 0. The SMILES string of the molecule is C[P+](=N)P. The summed E-state index contributed by atoms with van der Waals surface area (Å²) in [5, 5.41) is 6.61. The molecule has 0 bridgehead atoms. The molecule has 24 valence electrons. The fraction of sp³-hybridized carbons (Fsp3) is 1.00. The molecule has 0 heterocycles. The van der Waals surface area contributed by atoms with Gasteiger partial charge in [0.2, 0.25) is 7.40 Å². The molecule has 0 fully saturated rings. The normalized spacial score (nSPS) is 11.0. The van der Waals surface area contributed by atoms with E-state index in [1.165, 1.54) is 0 Å². The van der Waals surface area contributed by atoms with Crippen LogP contribution in [-0.2, 0) is 0 Å². The summed E-state index contributed by atoms with van der Waals surface area (Å²) in [4.78, 5) is 0. The van der Waals surface area contributed by atoms with Crippen LogP contribution >= 0.6 is 16.3 Å². The van der Waals surface area contributed by atoms with Crippen molar-refractivity contribution < 1.29 is 0 Å². The van der Waals surface area contributed by atoms with E-state index >= 15 is 0 Å². The second kappa shape index (κ2) is 1.81. The van der Waals surface area contributed by atoms with Gasteiger partial charge in [-0.25, -0.2) is 0 Å². The summed E-state index contributed by atoms with van der Waals surface area (Å²) in [7, 11) is 1.94. The standard InChI is InChI=1S/CH6NP2/c1-4(2)3/h2H,3H2,1H3/q+1. The van der Waals surface area contributed by atoms with E-state index in [0.29, 0.717) is 0 Å². The molecule has 0 aliphatic carbocycles. The van der Waals surface area contributed by atoms with E-state index in [1.54, 1.807) is 0 Å². The van der Waals surface area contributed by atoms with Gasteiger partial charge in [0.05, 0.1) is 0 Å². The summed E-state index contributed by atoms with van der Waals surface area (Å²) < 4.78 is 0. The molecule has 2 atom stereocenters. The number of hydrogen-bond acceptors (Lipinski definition) is 1. The molecule has 2 unspecified atom stereocenters. The fourth-order valence-electron chi connectivity index (χ4n) is 0. The van der Waals surface area contributed by atoms with Gasteiger partial charge >= 0.3 is 0 Å². The summed E-state index contributed by atoms with van der Waals surface area (Å²) in [5.41, 5.74) is 0. The van der Waals surface area contributed by atoms with Crippen LogP contribution < -0.4 is 0 Å². The Morgan fingerprint density at radius 3 is 2.00 bits per heavy atom. The maximum absolute atomic E-state index is 6.61. The highest BCUT2D eigenvalue weighted by atomic mass is 32.0. The Labute approximate surface area is 29.2 Å². The largest absolute Gasteiger partial charge is 0.204 e. The van der Waals surface area contributed by atoms with Crippen LogP contribution in [0.5, 0.6) is 0 Å². The summed E-state index contributed by atoms with van der Waals surface area (Å²) in [6.07, 6.45) is 0. The highest BCUT2D eigenvalue weighted by Gasteiger charge is 1.72.